The van der Waals surface area contributed by atoms with Crippen LogP contribution in [0.5, 0.6) is 5.75 Å². The lowest BCUT2D eigenvalue weighted by Gasteiger charge is -2.23. The fraction of sp³-hybridized carbons (Fsp3) is 0.533. The van der Waals surface area contributed by atoms with Crippen LogP contribution in [0.15, 0.2) is 18.2 Å². The smallest absolute Gasteiger partial charge is 0.182 e. The van der Waals surface area contributed by atoms with Gasteiger partial charge in [0.2, 0.25) is 0 Å². The molecule has 1 aliphatic rings. The van der Waals surface area contributed by atoms with Crippen molar-refractivity contribution in [2.24, 2.45) is 5.41 Å². The lowest BCUT2D eigenvalue weighted by molar-refractivity contribution is 0.267. The number of tetrazole rings is 1. The molecule has 21 heavy (non-hydrogen) atoms. The molecule has 1 aromatic heterocycles. The zero-order valence-electron chi connectivity index (χ0n) is 12.5. The fourth-order valence-electron chi connectivity index (χ4n) is 3.12. The normalized spacial score (nSPS) is 17.0. The van der Waals surface area contributed by atoms with Crippen LogP contribution in [0.25, 0.3) is 11.4 Å². The molecule has 6 nitrogen and oxygen atoms in total. The van der Waals surface area contributed by atoms with E-state index in [1.54, 1.807) is 7.11 Å². The van der Waals surface area contributed by atoms with Gasteiger partial charge in [-0.3, -0.25) is 0 Å². The van der Waals surface area contributed by atoms with Crippen molar-refractivity contribution >= 4 is 5.69 Å². The quantitative estimate of drug-likeness (QED) is 0.874. The van der Waals surface area contributed by atoms with Gasteiger partial charge in [0.25, 0.3) is 0 Å². The Morgan fingerprint density at radius 2 is 2.10 bits per heavy atom. The van der Waals surface area contributed by atoms with Gasteiger partial charge in [-0.2, -0.15) is 0 Å². The maximum absolute atomic E-state index is 5.86. The Morgan fingerprint density at radius 3 is 2.81 bits per heavy atom. The summed E-state index contributed by atoms with van der Waals surface area (Å²) in [5.41, 5.74) is 7.69. The van der Waals surface area contributed by atoms with Gasteiger partial charge in [-0.15, -0.1) is 5.10 Å². The van der Waals surface area contributed by atoms with Crippen molar-refractivity contribution in [2.45, 2.75) is 39.2 Å². The van der Waals surface area contributed by atoms with E-state index in [-0.39, 0.29) is 0 Å². The van der Waals surface area contributed by atoms with E-state index in [1.165, 1.54) is 25.7 Å². The number of anilines is 1. The summed E-state index contributed by atoms with van der Waals surface area (Å²) < 4.78 is 7.17. The maximum atomic E-state index is 5.86. The molecule has 2 N–H and O–H groups in total. The third kappa shape index (κ3) is 2.70. The number of benzene rings is 1. The molecule has 0 spiro atoms. The van der Waals surface area contributed by atoms with Gasteiger partial charge in [-0.05, 0) is 46.9 Å². The summed E-state index contributed by atoms with van der Waals surface area (Å²) in [6.45, 7) is 3.16. The van der Waals surface area contributed by atoms with E-state index in [2.05, 4.69) is 22.4 Å². The van der Waals surface area contributed by atoms with E-state index in [9.17, 15) is 0 Å². The number of hydrogen-bond donors (Lipinski definition) is 1. The van der Waals surface area contributed by atoms with Gasteiger partial charge in [-0.1, -0.05) is 19.8 Å². The predicted octanol–water partition coefficient (Wildman–Crippen LogP) is 2.51. The standard InChI is InChI=1S/C15H21N5O/c1-15(7-3-4-8-15)10-20-14(17-18-19-20)11-5-6-12(16)13(9-11)21-2/h5-6,9H,3-4,7-8,10,16H2,1-2H3. The molecule has 1 heterocycles. The van der Waals surface area contributed by atoms with Gasteiger partial charge in [-0.25, -0.2) is 4.68 Å². The zero-order valence-corrected chi connectivity index (χ0v) is 12.5. The second kappa shape index (κ2) is 5.35. The summed E-state index contributed by atoms with van der Waals surface area (Å²) >= 11 is 0. The first-order valence-electron chi connectivity index (χ1n) is 7.31. The zero-order chi connectivity index (χ0) is 14.9. The number of methoxy groups -OCH3 is 1. The first kappa shape index (κ1) is 13.9. The number of nitrogen functional groups attached to an aromatic ring is 1. The Labute approximate surface area is 124 Å². The van der Waals surface area contributed by atoms with Crippen LogP contribution in [0.4, 0.5) is 5.69 Å². The van der Waals surface area contributed by atoms with Crippen molar-refractivity contribution in [3.63, 3.8) is 0 Å². The number of nitrogens with two attached hydrogens (primary N) is 1. The first-order chi connectivity index (χ1) is 10.1. The topological polar surface area (TPSA) is 78.9 Å². The molecular formula is C15H21N5O. The lowest BCUT2D eigenvalue weighted by atomic mass is 9.89. The third-order valence-electron chi connectivity index (χ3n) is 4.37. The van der Waals surface area contributed by atoms with Gasteiger partial charge in [0, 0.05) is 5.56 Å². The van der Waals surface area contributed by atoms with E-state index < -0.39 is 0 Å². The second-order valence-electron chi connectivity index (χ2n) is 6.13. The van der Waals surface area contributed by atoms with Crippen LogP contribution in [0.1, 0.15) is 32.6 Å². The highest BCUT2D eigenvalue weighted by Gasteiger charge is 2.30. The van der Waals surface area contributed by atoms with E-state index in [0.29, 0.717) is 16.9 Å². The summed E-state index contributed by atoms with van der Waals surface area (Å²) in [5.74, 6) is 1.41. The van der Waals surface area contributed by atoms with Crippen molar-refractivity contribution in [3.8, 4) is 17.1 Å². The molecular weight excluding hydrogens is 266 g/mol. The third-order valence-corrected chi connectivity index (χ3v) is 4.37. The molecule has 0 radical (unpaired) electrons. The molecule has 0 atom stereocenters. The monoisotopic (exact) mass is 287 g/mol. The number of nitrogens with zero attached hydrogens (tertiary/aromatic N) is 4. The Morgan fingerprint density at radius 1 is 1.33 bits per heavy atom. The van der Waals surface area contributed by atoms with E-state index in [4.69, 9.17) is 10.5 Å². The SMILES string of the molecule is COc1cc(-c2nnnn2CC2(C)CCCC2)ccc1N. The van der Waals surface area contributed by atoms with Crippen molar-refractivity contribution in [1.82, 2.24) is 20.2 Å². The van der Waals surface area contributed by atoms with Gasteiger partial charge < -0.3 is 10.5 Å². The first-order valence-corrected chi connectivity index (χ1v) is 7.31. The Hall–Kier alpha value is -2.11. The van der Waals surface area contributed by atoms with Gasteiger partial charge >= 0.3 is 0 Å². The summed E-state index contributed by atoms with van der Waals surface area (Å²) in [7, 11) is 1.61. The number of aromatic nitrogens is 4. The van der Waals surface area contributed by atoms with Crippen LogP contribution in [-0.2, 0) is 6.54 Å². The Balaban J connectivity index is 1.91. The molecule has 1 fully saturated rings. The van der Waals surface area contributed by atoms with E-state index in [1.807, 2.05) is 22.9 Å². The second-order valence-corrected chi connectivity index (χ2v) is 6.13. The summed E-state index contributed by atoms with van der Waals surface area (Å²) in [5, 5.41) is 12.2. The summed E-state index contributed by atoms with van der Waals surface area (Å²) in [6.07, 6.45) is 5.06. The van der Waals surface area contributed by atoms with E-state index >= 15 is 0 Å². The average molecular weight is 287 g/mol. The Kier molecular flexibility index (Phi) is 3.53. The fourth-order valence-corrected chi connectivity index (χ4v) is 3.12. The molecule has 1 saturated carbocycles. The molecule has 0 bridgehead atoms. The van der Waals surface area contributed by atoms with Crippen molar-refractivity contribution in [3.05, 3.63) is 18.2 Å². The van der Waals surface area contributed by atoms with Crippen molar-refractivity contribution < 1.29 is 4.74 Å². The van der Waals surface area contributed by atoms with E-state index in [0.717, 1.165) is 17.9 Å². The van der Waals surface area contributed by atoms with Crippen molar-refractivity contribution in [2.75, 3.05) is 12.8 Å². The van der Waals surface area contributed by atoms with Crippen LogP contribution in [-0.4, -0.2) is 27.3 Å². The predicted molar refractivity (Wildman–Crippen MR) is 80.8 cm³/mol. The van der Waals surface area contributed by atoms with Gasteiger partial charge in [0.15, 0.2) is 5.82 Å². The summed E-state index contributed by atoms with van der Waals surface area (Å²) in [4.78, 5) is 0. The molecule has 1 aliphatic carbocycles. The molecule has 1 aromatic carbocycles. The largest absolute Gasteiger partial charge is 0.495 e. The molecule has 0 saturated heterocycles. The average Bonchev–Trinajstić information content (AvgIpc) is 3.09. The molecule has 0 aliphatic heterocycles. The van der Waals surface area contributed by atoms with Crippen LogP contribution < -0.4 is 10.5 Å². The highest BCUT2D eigenvalue weighted by molar-refractivity contribution is 5.65. The molecule has 0 unspecified atom stereocenters. The summed E-state index contributed by atoms with van der Waals surface area (Å²) in [6, 6.07) is 5.63. The van der Waals surface area contributed by atoms with Crippen molar-refractivity contribution in [1.29, 1.82) is 0 Å². The minimum atomic E-state index is 0.294. The molecule has 112 valence electrons. The molecule has 6 heteroatoms. The number of rotatable bonds is 4. The Bertz CT molecular complexity index is 631. The highest BCUT2D eigenvalue weighted by atomic mass is 16.5. The number of hydrogen-bond acceptors (Lipinski definition) is 5. The minimum absolute atomic E-state index is 0.294. The van der Waals surface area contributed by atoms with Gasteiger partial charge in [0.1, 0.15) is 5.75 Å². The van der Waals surface area contributed by atoms with Gasteiger partial charge in [0.05, 0.1) is 19.3 Å². The maximum Gasteiger partial charge on any atom is 0.182 e. The van der Waals surface area contributed by atoms with Crippen LogP contribution >= 0.6 is 0 Å². The van der Waals surface area contributed by atoms with Crippen LogP contribution in [0.3, 0.4) is 0 Å². The van der Waals surface area contributed by atoms with Crippen LogP contribution in [0, 0.1) is 5.41 Å². The van der Waals surface area contributed by atoms with Crippen LogP contribution in [0.2, 0.25) is 0 Å². The molecule has 2 aromatic rings. The number of ether oxygens (including phenoxy) is 1. The minimum Gasteiger partial charge on any atom is -0.495 e. The highest BCUT2D eigenvalue weighted by Crippen LogP contribution is 2.39. The lowest BCUT2D eigenvalue weighted by Crippen LogP contribution is -2.21. The molecule has 3 rings (SSSR count). The molecule has 0 amide bonds.